The van der Waals surface area contributed by atoms with Gasteiger partial charge in [0, 0.05) is 6.61 Å². The van der Waals surface area contributed by atoms with Crippen molar-refractivity contribution in [3.8, 4) is 0 Å². The second-order valence-electron chi connectivity index (χ2n) is 6.73. The fourth-order valence-corrected chi connectivity index (χ4v) is 3.04. The standard InChI is InChI=1S/C16H30O11/c1-2-3-4-24-15-13(23)11(21)14(8(6-18)26-15)27-16-12(22)10(20)9(19)7(5-17)25-16/h7-23H,2-6H2,1H3/t7-,8-,9+,10+,11-,12-,13+,14-,15+,16+/m1/s1. The van der Waals surface area contributed by atoms with E-state index in [0.29, 0.717) is 6.61 Å². The zero-order valence-electron chi connectivity index (χ0n) is 15.1. The summed E-state index contributed by atoms with van der Waals surface area (Å²) in [4.78, 5) is 0. The summed E-state index contributed by atoms with van der Waals surface area (Å²) in [6, 6.07) is 0. The monoisotopic (exact) mass is 398 g/mol. The summed E-state index contributed by atoms with van der Waals surface area (Å²) in [7, 11) is 0. The first kappa shape index (κ1) is 22.8. The quantitative estimate of drug-likeness (QED) is 0.201. The molecule has 2 heterocycles. The van der Waals surface area contributed by atoms with E-state index in [1.807, 2.05) is 6.92 Å². The highest BCUT2D eigenvalue weighted by Crippen LogP contribution is 2.29. The van der Waals surface area contributed by atoms with Crippen molar-refractivity contribution in [3.05, 3.63) is 0 Å². The summed E-state index contributed by atoms with van der Waals surface area (Å²) in [5, 5.41) is 69.0. The lowest BCUT2D eigenvalue weighted by Gasteiger charge is -2.45. The molecule has 7 N–H and O–H groups in total. The minimum Gasteiger partial charge on any atom is -0.394 e. The highest BCUT2D eigenvalue weighted by atomic mass is 16.7. The van der Waals surface area contributed by atoms with Crippen LogP contribution in [0.15, 0.2) is 0 Å². The number of unbranched alkanes of at least 4 members (excludes halogenated alkanes) is 1. The molecule has 0 aliphatic carbocycles. The van der Waals surface area contributed by atoms with Gasteiger partial charge in [0.05, 0.1) is 13.2 Å². The lowest BCUT2D eigenvalue weighted by atomic mass is 9.97. The molecule has 0 bridgehead atoms. The molecule has 11 nitrogen and oxygen atoms in total. The molecule has 0 spiro atoms. The Labute approximate surface area is 156 Å². The van der Waals surface area contributed by atoms with Crippen molar-refractivity contribution in [3.63, 3.8) is 0 Å². The third-order valence-corrected chi connectivity index (χ3v) is 4.74. The van der Waals surface area contributed by atoms with Crippen LogP contribution in [0.25, 0.3) is 0 Å². The topological polar surface area (TPSA) is 179 Å². The van der Waals surface area contributed by atoms with E-state index in [-0.39, 0.29) is 0 Å². The molecule has 0 unspecified atom stereocenters. The molecule has 0 saturated carbocycles. The fraction of sp³-hybridized carbons (Fsp3) is 1.00. The third-order valence-electron chi connectivity index (χ3n) is 4.74. The second kappa shape index (κ2) is 10.4. The van der Waals surface area contributed by atoms with Gasteiger partial charge in [0.25, 0.3) is 0 Å². The Balaban J connectivity index is 2.06. The minimum absolute atomic E-state index is 0.293. The molecule has 0 radical (unpaired) electrons. The molecule has 2 aliphatic rings. The van der Waals surface area contributed by atoms with Gasteiger partial charge in [-0.25, -0.2) is 0 Å². The summed E-state index contributed by atoms with van der Waals surface area (Å²) in [6.07, 6.45) is -12.7. The van der Waals surface area contributed by atoms with Gasteiger partial charge in [-0.05, 0) is 6.42 Å². The number of hydrogen-bond acceptors (Lipinski definition) is 11. The third kappa shape index (κ3) is 5.14. The number of ether oxygens (including phenoxy) is 4. The fourth-order valence-electron chi connectivity index (χ4n) is 3.04. The first-order valence-corrected chi connectivity index (χ1v) is 9.05. The molecule has 160 valence electrons. The predicted octanol–water partition coefficient (Wildman–Crippen LogP) is -3.57. The first-order chi connectivity index (χ1) is 12.8. The highest BCUT2D eigenvalue weighted by molar-refractivity contribution is 4.94. The Hall–Kier alpha value is -0.440. The number of rotatable bonds is 8. The lowest BCUT2D eigenvalue weighted by molar-refractivity contribution is -0.359. The zero-order valence-corrected chi connectivity index (χ0v) is 15.1. The summed E-state index contributed by atoms with van der Waals surface area (Å²) in [5.41, 5.74) is 0. The van der Waals surface area contributed by atoms with Gasteiger partial charge in [0.15, 0.2) is 12.6 Å². The maximum absolute atomic E-state index is 10.4. The molecule has 0 aromatic rings. The van der Waals surface area contributed by atoms with Crippen molar-refractivity contribution in [2.75, 3.05) is 19.8 Å². The number of hydrogen-bond donors (Lipinski definition) is 7. The van der Waals surface area contributed by atoms with Crippen molar-refractivity contribution < 1.29 is 54.7 Å². The van der Waals surface area contributed by atoms with Crippen molar-refractivity contribution in [1.82, 2.24) is 0 Å². The van der Waals surface area contributed by atoms with E-state index in [9.17, 15) is 35.7 Å². The average Bonchev–Trinajstić information content (AvgIpc) is 2.67. The molecule has 2 rings (SSSR count). The van der Waals surface area contributed by atoms with Crippen molar-refractivity contribution in [1.29, 1.82) is 0 Å². The maximum Gasteiger partial charge on any atom is 0.187 e. The Morgan fingerprint density at radius 2 is 1.33 bits per heavy atom. The SMILES string of the molecule is CCCCO[C@H]1O[C@H](CO)[C@@H](O[C@@H]2O[C@H](CO)[C@H](O)[C@H](O)[C@H]2O)[C@H](O)[C@@H]1O. The van der Waals surface area contributed by atoms with Crippen LogP contribution in [0.3, 0.4) is 0 Å². The largest absolute Gasteiger partial charge is 0.394 e. The van der Waals surface area contributed by atoms with E-state index in [4.69, 9.17) is 18.9 Å². The Bertz CT molecular complexity index is 435. The summed E-state index contributed by atoms with van der Waals surface area (Å²) in [6.45, 7) is 1.02. The van der Waals surface area contributed by atoms with Crippen molar-refractivity contribution in [2.45, 2.75) is 81.2 Å². The molecule has 2 saturated heterocycles. The van der Waals surface area contributed by atoms with E-state index >= 15 is 0 Å². The van der Waals surface area contributed by atoms with Crippen LogP contribution in [0.2, 0.25) is 0 Å². The second-order valence-corrected chi connectivity index (χ2v) is 6.73. The molecular formula is C16H30O11. The van der Waals surface area contributed by atoms with E-state index in [0.717, 1.165) is 12.8 Å². The molecule has 10 atom stereocenters. The molecule has 0 aromatic carbocycles. The van der Waals surface area contributed by atoms with Gasteiger partial charge in [0.2, 0.25) is 0 Å². The van der Waals surface area contributed by atoms with Gasteiger partial charge in [-0.15, -0.1) is 0 Å². The van der Waals surface area contributed by atoms with Crippen LogP contribution in [0.4, 0.5) is 0 Å². The van der Waals surface area contributed by atoms with Crippen molar-refractivity contribution in [2.24, 2.45) is 0 Å². The van der Waals surface area contributed by atoms with Gasteiger partial charge in [-0.3, -0.25) is 0 Å². The Kier molecular flexibility index (Phi) is 8.77. The summed E-state index contributed by atoms with van der Waals surface area (Å²) < 4.78 is 21.5. The normalized spacial score (nSPS) is 45.8. The molecule has 2 aliphatic heterocycles. The molecule has 0 amide bonds. The lowest BCUT2D eigenvalue weighted by Crippen LogP contribution is -2.64. The highest BCUT2D eigenvalue weighted by Gasteiger charge is 2.50. The van der Waals surface area contributed by atoms with Gasteiger partial charge in [-0.1, -0.05) is 13.3 Å². The van der Waals surface area contributed by atoms with Gasteiger partial charge < -0.3 is 54.7 Å². The van der Waals surface area contributed by atoms with Gasteiger partial charge in [0.1, 0.15) is 48.8 Å². The van der Waals surface area contributed by atoms with Crippen LogP contribution in [-0.2, 0) is 18.9 Å². The molecule has 27 heavy (non-hydrogen) atoms. The zero-order chi connectivity index (χ0) is 20.1. The van der Waals surface area contributed by atoms with Gasteiger partial charge >= 0.3 is 0 Å². The average molecular weight is 398 g/mol. The Morgan fingerprint density at radius 1 is 0.741 bits per heavy atom. The smallest absolute Gasteiger partial charge is 0.187 e. The first-order valence-electron chi connectivity index (χ1n) is 9.05. The maximum atomic E-state index is 10.4. The van der Waals surface area contributed by atoms with E-state index in [1.54, 1.807) is 0 Å². The van der Waals surface area contributed by atoms with Crippen LogP contribution in [-0.4, -0.2) is 117 Å². The molecule has 11 heteroatoms. The van der Waals surface area contributed by atoms with E-state index in [1.165, 1.54) is 0 Å². The summed E-state index contributed by atoms with van der Waals surface area (Å²) in [5.74, 6) is 0. The van der Waals surface area contributed by atoms with E-state index < -0.39 is 74.6 Å². The number of aliphatic hydroxyl groups excluding tert-OH is 7. The molecule has 2 fully saturated rings. The van der Waals surface area contributed by atoms with E-state index in [2.05, 4.69) is 0 Å². The van der Waals surface area contributed by atoms with Gasteiger partial charge in [-0.2, -0.15) is 0 Å². The molecular weight excluding hydrogens is 368 g/mol. The predicted molar refractivity (Wildman–Crippen MR) is 87.3 cm³/mol. The van der Waals surface area contributed by atoms with Crippen LogP contribution in [0, 0.1) is 0 Å². The van der Waals surface area contributed by atoms with Crippen LogP contribution < -0.4 is 0 Å². The van der Waals surface area contributed by atoms with Crippen LogP contribution in [0.1, 0.15) is 19.8 Å². The number of aliphatic hydroxyl groups is 7. The minimum atomic E-state index is -1.69. The van der Waals surface area contributed by atoms with Crippen LogP contribution in [0.5, 0.6) is 0 Å². The van der Waals surface area contributed by atoms with Crippen molar-refractivity contribution >= 4 is 0 Å². The van der Waals surface area contributed by atoms with Crippen LogP contribution >= 0.6 is 0 Å². The summed E-state index contributed by atoms with van der Waals surface area (Å²) >= 11 is 0. The molecule has 0 aromatic heterocycles. The Morgan fingerprint density at radius 3 is 1.93 bits per heavy atom.